The highest BCUT2D eigenvalue weighted by Gasteiger charge is 2.60. The number of carbonyl (C=O) groups excluding carboxylic acids is 2. The minimum atomic E-state index is -4.50. The lowest BCUT2D eigenvalue weighted by molar-refractivity contribution is -0.137. The van der Waals surface area contributed by atoms with Crippen LogP contribution >= 0.6 is 0 Å². The van der Waals surface area contributed by atoms with Crippen molar-refractivity contribution in [2.75, 3.05) is 4.90 Å². The molecule has 2 amide bonds. The highest BCUT2D eigenvalue weighted by Crippen LogP contribution is 2.55. The van der Waals surface area contributed by atoms with Crippen LogP contribution in [0.2, 0.25) is 0 Å². The quantitative estimate of drug-likeness (QED) is 0.730. The van der Waals surface area contributed by atoms with Gasteiger partial charge in [-0.25, -0.2) is 0 Å². The minimum Gasteiger partial charge on any atom is -0.274 e. The first-order chi connectivity index (χ1) is 11.3. The first-order valence-electron chi connectivity index (χ1n) is 8.34. The average molecular weight is 337 g/mol. The van der Waals surface area contributed by atoms with Crippen LogP contribution in [0.1, 0.15) is 31.7 Å². The molecule has 0 N–H and O–H groups in total. The highest BCUT2D eigenvalue weighted by atomic mass is 19.4. The molecule has 4 fully saturated rings. The number of hydrogen-bond acceptors (Lipinski definition) is 2. The van der Waals surface area contributed by atoms with E-state index in [0.29, 0.717) is 5.92 Å². The molecule has 1 aromatic rings. The largest absolute Gasteiger partial charge is 0.416 e. The third kappa shape index (κ3) is 2.11. The van der Waals surface area contributed by atoms with Gasteiger partial charge < -0.3 is 0 Å². The van der Waals surface area contributed by atoms with Crippen LogP contribution in [0.25, 0.3) is 0 Å². The topological polar surface area (TPSA) is 37.4 Å². The SMILES string of the molecule is C[C@@H]1CC2CCC1[C@H]1C(=O)N(c3cccc(C(F)(F)F)c3)C(=O)[C@@H]21. The predicted octanol–water partition coefficient (Wildman–Crippen LogP) is 3.88. The molecular formula is C18H18F3NO2. The highest BCUT2D eigenvalue weighted by molar-refractivity contribution is 6.22. The van der Waals surface area contributed by atoms with Crippen molar-refractivity contribution in [3.05, 3.63) is 29.8 Å². The molecule has 24 heavy (non-hydrogen) atoms. The smallest absolute Gasteiger partial charge is 0.274 e. The molecule has 2 unspecified atom stereocenters. The van der Waals surface area contributed by atoms with Gasteiger partial charge in [0.1, 0.15) is 0 Å². The van der Waals surface area contributed by atoms with Crippen molar-refractivity contribution in [3.8, 4) is 0 Å². The summed E-state index contributed by atoms with van der Waals surface area (Å²) in [6.45, 7) is 2.11. The first kappa shape index (κ1) is 15.7. The van der Waals surface area contributed by atoms with Crippen LogP contribution < -0.4 is 4.90 Å². The summed E-state index contributed by atoms with van der Waals surface area (Å²) in [6, 6.07) is 4.51. The van der Waals surface area contributed by atoms with Crippen molar-refractivity contribution in [2.24, 2.45) is 29.6 Å². The lowest BCUT2D eigenvalue weighted by atomic mass is 9.56. The molecule has 1 aromatic carbocycles. The molecule has 2 bridgehead atoms. The van der Waals surface area contributed by atoms with Gasteiger partial charge >= 0.3 is 6.18 Å². The van der Waals surface area contributed by atoms with E-state index in [-0.39, 0.29) is 41.2 Å². The Morgan fingerprint density at radius 1 is 1.08 bits per heavy atom. The van der Waals surface area contributed by atoms with E-state index in [4.69, 9.17) is 0 Å². The van der Waals surface area contributed by atoms with Gasteiger partial charge in [-0.1, -0.05) is 13.0 Å². The first-order valence-corrected chi connectivity index (χ1v) is 8.34. The Morgan fingerprint density at radius 2 is 1.79 bits per heavy atom. The van der Waals surface area contributed by atoms with Crippen LogP contribution in [0.15, 0.2) is 24.3 Å². The summed E-state index contributed by atoms with van der Waals surface area (Å²) in [5.74, 6) is -0.578. The van der Waals surface area contributed by atoms with E-state index in [1.54, 1.807) is 0 Å². The lowest BCUT2D eigenvalue weighted by Crippen LogP contribution is -2.45. The lowest BCUT2D eigenvalue weighted by Gasteiger charge is -2.46. The van der Waals surface area contributed by atoms with Crippen molar-refractivity contribution in [1.82, 2.24) is 0 Å². The van der Waals surface area contributed by atoms with E-state index in [1.807, 2.05) is 0 Å². The van der Waals surface area contributed by atoms with Gasteiger partial charge in [0.2, 0.25) is 11.8 Å². The maximum Gasteiger partial charge on any atom is 0.416 e. The fourth-order valence-corrected chi connectivity index (χ4v) is 5.05. The molecule has 1 saturated heterocycles. The number of rotatable bonds is 1. The van der Waals surface area contributed by atoms with E-state index in [0.717, 1.165) is 36.3 Å². The Labute approximate surface area is 137 Å². The zero-order valence-corrected chi connectivity index (χ0v) is 13.2. The number of imide groups is 1. The Morgan fingerprint density at radius 3 is 2.46 bits per heavy atom. The Balaban J connectivity index is 1.73. The van der Waals surface area contributed by atoms with Crippen molar-refractivity contribution >= 4 is 17.5 Å². The number of hydrogen-bond donors (Lipinski definition) is 0. The second kappa shape index (κ2) is 5.07. The van der Waals surface area contributed by atoms with Crippen LogP contribution in [-0.4, -0.2) is 11.8 Å². The fraction of sp³-hybridized carbons (Fsp3) is 0.556. The fourth-order valence-electron chi connectivity index (χ4n) is 5.05. The van der Waals surface area contributed by atoms with E-state index in [9.17, 15) is 22.8 Å². The molecular weight excluding hydrogens is 319 g/mol. The maximum absolute atomic E-state index is 12.9. The summed E-state index contributed by atoms with van der Waals surface area (Å²) in [5.41, 5.74) is -0.798. The molecule has 3 saturated carbocycles. The zero-order valence-electron chi connectivity index (χ0n) is 13.2. The van der Waals surface area contributed by atoms with Crippen LogP contribution in [0.4, 0.5) is 18.9 Å². The van der Waals surface area contributed by atoms with Gasteiger partial charge in [0, 0.05) is 0 Å². The van der Waals surface area contributed by atoms with Crippen LogP contribution in [0.5, 0.6) is 0 Å². The van der Waals surface area contributed by atoms with Crippen LogP contribution in [0.3, 0.4) is 0 Å². The molecule has 1 aliphatic heterocycles. The molecule has 4 aliphatic rings. The maximum atomic E-state index is 12.9. The van der Waals surface area contributed by atoms with Gasteiger partial charge in [-0.05, 0) is 55.2 Å². The molecule has 5 atom stereocenters. The van der Waals surface area contributed by atoms with Gasteiger partial charge in [0.15, 0.2) is 0 Å². The number of nitrogens with zero attached hydrogens (tertiary/aromatic N) is 1. The predicted molar refractivity (Wildman–Crippen MR) is 80.9 cm³/mol. The summed E-state index contributed by atoms with van der Waals surface area (Å²) in [4.78, 5) is 26.7. The number of carbonyl (C=O) groups is 2. The van der Waals surface area contributed by atoms with Gasteiger partial charge in [-0.2, -0.15) is 13.2 Å². The van der Waals surface area contributed by atoms with Gasteiger partial charge in [0.05, 0.1) is 23.1 Å². The third-order valence-electron chi connectivity index (χ3n) is 6.08. The van der Waals surface area contributed by atoms with Crippen LogP contribution in [-0.2, 0) is 15.8 Å². The molecule has 3 aliphatic carbocycles. The minimum absolute atomic E-state index is 0.0429. The molecule has 0 spiro atoms. The molecule has 128 valence electrons. The van der Waals surface area contributed by atoms with E-state index in [1.165, 1.54) is 12.1 Å². The Kier molecular flexibility index (Phi) is 3.31. The number of alkyl halides is 3. The Hall–Kier alpha value is -1.85. The second-order valence-electron chi connectivity index (χ2n) is 7.33. The summed E-state index contributed by atoms with van der Waals surface area (Å²) in [6.07, 6.45) is -1.70. The van der Waals surface area contributed by atoms with Gasteiger partial charge in [0.25, 0.3) is 0 Å². The van der Waals surface area contributed by atoms with Gasteiger partial charge in [-0.15, -0.1) is 0 Å². The monoisotopic (exact) mass is 337 g/mol. The third-order valence-corrected chi connectivity index (χ3v) is 6.08. The molecule has 0 radical (unpaired) electrons. The normalized spacial score (nSPS) is 35.5. The standard InChI is InChI=1S/C18H18F3NO2/c1-9-7-10-5-6-13(9)15-14(10)16(23)22(17(15)24)12-4-2-3-11(8-12)18(19,20)21/h2-4,8-10,13-15H,5-7H2,1H3/t9-,10?,13?,14+,15-/m1/s1. The molecule has 3 nitrogen and oxygen atoms in total. The van der Waals surface area contributed by atoms with Gasteiger partial charge in [-0.3, -0.25) is 14.5 Å². The average Bonchev–Trinajstić information content (AvgIpc) is 2.80. The summed E-state index contributed by atoms with van der Waals surface area (Å²) < 4.78 is 38.8. The molecule has 0 aromatic heterocycles. The van der Waals surface area contributed by atoms with E-state index < -0.39 is 11.7 Å². The molecule has 6 heteroatoms. The summed E-state index contributed by atoms with van der Waals surface area (Å²) >= 11 is 0. The summed E-state index contributed by atoms with van der Waals surface area (Å²) in [5, 5.41) is 0. The molecule has 5 rings (SSSR count). The number of fused-ring (bicyclic) bond motifs is 2. The van der Waals surface area contributed by atoms with Crippen molar-refractivity contribution in [1.29, 1.82) is 0 Å². The number of anilines is 1. The van der Waals surface area contributed by atoms with E-state index in [2.05, 4.69) is 6.92 Å². The van der Waals surface area contributed by atoms with E-state index >= 15 is 0 Å². The number of benzene rings is 1. The van der Waals surface area contributed by atoms with Crippen LogP contribution in [0, 0.1) is 29.6 Å². The van der Waals surface area contributed by atoms with Crippen molar-refractivity contribution in [2.45, 2.75) is 32.4 Å². The summed E-state index contributed by atoms with van der Waals surface area (Å²) in [7, 11) is 0. The number of halogens is 3. The van der Waals surface area contributed by atoms with Crippen molar-refractivity contribution < 1.29 is 22.8 Å². The Bertz CT molecular complexity index is 714. The molecule has 1 heterocycles. The zero-order chi connectivity index (χ0) is 17.2. The van der Waals surface area contributed by atoms with Crippen molar-refractivity contribution in [3.63, 3.8) is 0 Å². The number of amides is 2. The second-order valence-corrected chi connectivity index (χ2v) is 7.33.